The van der Waals surface area contributed by atoms with E-state index in [1.165, 1.54) is 12.1 Å². The fourth-order valence-corrected chi connectivity index (χ4v) is 4.90. The van der Waals surface area contributed by atoms with E-state index in [9.17, 15) is 31.2 Å². The zero-order valence-electron chi connectivity index (χ0n) is 15.5. The monoisotopic (exact) mass is 460 g/mol. The maximum atomic E-state index is 13.0. The molecule has 1 aliphatic rings. The van der Waals surface area contributed by atoms with E-state index < -0.39 is 44.6 Å². The van der Waals surface area contributed by atoms with Gasteiger partial charge in [0.15, 0.2) is 0 Å². The summed E-state index contributed by atoms with van der Waals surface area (Å²) in [7, 11) is -4.31. The van der Waals surface area contributed by atoms with E-state index in [0.29, 0.717) is 10.4 Å². The van der Waals surface area contributed by atoms with Crippen LogP contribution in [0.15, 0.2) is 47.4 Å². The Balaban J connectivity index is 1.89. The Morgan fingerprint density at radius 1 is 1.17 bits per heavy atom. The number of rotatable bonds is 4. The summed E-state index contributed by atoms with van der Waals surface area (Å²) in [5, 5.41) is 1.71. The normalized spacial score (nSPS) is 17.3. The molecular weight excluding hydrogens is 445 g/mol. The minimum atomic E-state index is -4.73. The highest BCUT2D eigenvalue weighted by Crippen LogP contribution is 2.36. The summed E-state index contributed by atoms with van der Waals surface area (Å²) in [6.07, 6.45) is -5.00. The molecule has 2 aromatic carbocycles. The maximum absolute atomic E-state index is 13.0. The standard InChI is InChI=1S/C19H16ClF3N2O4S/c1-11-2-5-13(6-3-11)30(28,29)25-16(8-9-17(25)26)18(27)24-12-4-7-15(20)14(10-12)19(21,22)23/h2-7,10,16H,8-9H2,1H3,(H,24,27)/t16-/m1/s1. The minimum absolute atomic E-state index is 0.0878. The molecule has 6 nitrogen and oxygen atoms in total. The zero-order valence-corrected chi connectivity index (χ0v) is 17.1. The molecule has 2 amide bonds. The maximum Gasteiger partial charge on any atom is 0.417 e. The van der Waals surface area contributed by atoms with Gasteiger partial charge < -0.3 is 5.32 Å². The third kappa shape index (κ3) is 4.29. The highest BCUT2D eigenvalue weighted by molar-refractivity contribution is 7.89. The number of aryl methyl sites for hydroxylation is 1. The Hall–Kier alpha value is -2.59. The lowest BCUT2D eigenvalue weighted by Gasteiger charge is -2.24. The molecule has 3 rings (SSSR count). The Morgan fingerprint density at radius 3 is 2.40 bits per heavy atom. The van der Waals surface area contributed by atoms with Gasteiger partial charge in [-0.2, -0.15) is 13.2 Å². The molecule has 1 fully saturated rings. The van der Waals surface area contributed by atoms with Crippen molar-refractivity contribution in [1.29, 1.82) is 0 Å². The van der Waals surface area contributed by atoms with Crippen molar-refractivity contribution in [2.75, 3.05) is 5.32 Å². The van der Waals surface area contributed by atoms with Gasteiger partial charge in [0.25, 0.3) is 10.0 Å². The first kappa shape index (κ1) is 22.1. The fraction of sp³-hybridized carbons (Fsp3) is 0.263. The van der Waals surface area contributed by atoms with Crippen LogP contribution in [-0.2, 0) is 25.8 Å². The van der Waals surface area contributed by atoms with Crippen molar-refractivity contribution < 1.29 is 31.2 Å². The summed E-state index contributed by atoms with van der Waals surface area (Å²) in [5.41, 5.74) is -0.559. The molecule has 1 aliphatic heterocycles. The van der Waals surface area contributed by atoms with E-state index in [-0.39, 0.29) is 23.4 Å². The quantitative estimate of drug-likeness (QED) is 0.748. The number of amides is 2. The van der Waals surface area contributed by atoms with Gasteiger partial charge in [-0.05, 0) is 43.7 Å². The molecule has 1 saturated heterocycles. The molecule has 1 heterocycles. The van der Waals surface area contributed by atoms with Crippen LogP contribution >= 0.6 is 11.6 Å². The van der Waals surface area contributed by atoms with Crippen molar-refractivity contribution in [1.82, 2.24) is 4.31 Å². The molecule has 1 N–H and O–H groups in total. The van der Waals surface area contributed by atoms with Crippen molar-refractivity contribution in [2.24, 2.45) is 0 Å². The topological polar surface area (TPSA) is 83.6 Å². The Labute approximate surface area is 175 Å². The minimum Gasteiger partial charge on any atom is -0.324 e. The molecule has 1 atom stereocenters. The molecule has 0 aliphatic carbocycles. The molecular formula is C19H16ClF3N2O4S. The number of nitrogens with zero attached hydrogens (tertiary/aromatic N) is 1. The van der Waals surface area contributed by atoms with Gasteiger partial charge in [0.1, 0.15) is 6.04 Å². The summed E-state index contributed by atoms with van der Waals surface area (Å²) in [5.74, 6) is -1.67. The number of carbonyl (C=O) groups is 2. The summed E-state index contributed by atoms with van der Waals surface area (Å²) in [6, 6.07) is 7.14. The number of hydrogen-bond donors (Lipinski definition) is 1. The lowest BCUT2D eigenvalue weighted by Crippen LogP contribution is -2.45. The first-order chi connectivity index (χ1) is 13.9. The molecule has 0 aromatic heterocycles. The van der Waals surface area contributed by atoms with Crippen molar-refractivity contribution in [2.45, 2.75) is 36.9 Å². The summed E-state index contributed by atoms with van der Waals surface area (Å²) >= 11 is 5.56. The Morgan fingerprint density at radius 2 is 1.80 bits per heavy atom. The fourth-order valence-electron chi connectivity index (χ4n) is 3.07. The second-order valence-corrected chi connectivity index (χ2v) is 8.97. The summed E-state index contributed by atoms with van der Waals surface area (Å²) in [6.45, 7) is 1.76. The molecule has 0 bridgehead atoms. The van der Waals surface area contributed by atoms with Gasteiger partial charge in [-0.25, -0.2) is 12.7 Å². The van der Waals surface area contributed by atoms with Crippen LogP contribution in [0.1, 0.15) is 24.0 Å². The van der Waals surface area contributed by atoms with E-state index >= 15 is 0 Å². The largest absolute Gasteiger partial charge is 0.417 e. The predicted octanol–water partition coefficient (Wildman–Crippen LogP) is 3.99. The Kier molecular flexibility index (Phi) is 5.83. The average Bonchev–Trinajstić information content (AvgIpc) is 3.05. The molecule has 160 valence electrons. The number of nitrogens with one attached hydrogen (secondary N) is 1. The number of halogens is 4. The van der Waals surface area contributed by atoms with Gasteiger partial charge in [0.05, 0.1) is 15.5 Å². The molecule has 30 heavy (non-hydrogen) atoms. The van der Waals surface area contributed by atoms with Crippen LogP contribution in [0.3, 0.4) is 0 Å². The van der Waals surface area contributed by atoms with Crippen molar-refractivity contribution in [3.63, 3.8) is 0 Å². The van der Waals surface area contributed by atoms with E-state index in [1.54, 1.807) is 19.1 Å². The van der Waals surface area contributed by atoms with Crippen molar-refractivity contribution in [3.05, 3.63) is 58.6 Å². The van der Waals surface area contributed by atoms with Gasteiger partial charge in [-0.1, -0.05) is 29.3 Å². The van der Waals surface area contributed by atoms with Gasteiger partial charge >= 0.3 is 6.18 Å². The summed E-state index contributed by atoms with van der Waals surface area (Å²) < 4.78 is 65.4. The third-order valence-electron chi connectivity index (χ3n) is 4.58. The first-order valence-corrected chi connectivity index (χ1v) is 10.5. The van der Waals surface area contributed by atoms with Crippen LogP contribution < -0.4 is 5.32 Å². The van der Waals surface area contributed by atoms with Crippen molar-refractivity contribution in [3.8, 4) is 0 Å². The third-order valence-corrected chi connectivity index (χ3v) is 6.75. The van der Waals surface area contributed by atoms with Crippen molar-refractivity contribution >= 4 is 39.1 Å². The molecule has 2 aromatic rings. The average molecular weight is 461 g/mol. The Bertz CT molecular complexity index is 1100. The van der Waals surface area contributed by atoms with E-state index in [0.717, 1.165) is 17.7 Å². The van der Waals surface area contributed by atoms with Crippen LogP contribution in [0.2, 0.25) is 5.02 Å². The first-order valence-electron chi connectivity index (χ1n) is 8.73. The molecule has 0 saturated carbocycles. The second-order valence-electron chi connectivity index (χ2n) is 6.74. The second kappa shape index (κ2) is 7.92. The summed E-state index contributed by atoms with van der Waals surface area (Å²) in [4.78, 5) is 24.8. The van der Waals surface area contributed by atoms with Crippen LogP contribution in [0.4, 0.5) is 18.9 Å². The van der Waals surface area contributed by atoms with Gasteiger partial charge in [0, 0.05) is 12.1 Å². The highest BCUT2D eigenvalue weighted by Gasteiger charge is 2.44. The van der Waals surface area contributed by atoms with E-state index in [1.807, 2.05) is 0 Å². The van der Waals surface area contributed by atoms with Gasteiger partial charge in [-0.3, -0.25) is 9.59 Å². The lowest BCUT2D eigenvalue weighted by molar-refractivity contribution is -0.137. The number of benzene rings is 2. The lowest BCUT2D eigenvalue weighted by atomic mass is 10.1. The number of hydrogen-bond acceptors (Lipinski definition) is 4. The number of sulfonamides is 1. The number of carbonyl (C=O) groups excluding carboxylic acids is 2. The number of alkyl halides is 3. The molecule has 0 unspecified atom stereocenters. The number of anilines is 1. The molecule has 0 spiro atoms. The zero-order chi connectivity index (χ0) is 22.3. The molecule has 0 radical (unpaired) electrons. The predicted molar refractivity (Wildman–Crippen MR) is 103 cm³/mol. The van der Waals surface area contributed by atoms with E-state index in [2.05, 4.69) is 5.32 Å². The van der Waals surface area contributed by atoms with Gasteiger partial charge in [0.2, 0.25) is 11.8 Å². The smallest absolute Gasteiger partial charge is 0.324 e. The van der Waals surface area contributed by atoms with E-state index in [4.69, 9.17) is 11.6 Å². The van der Waals surface area contributed by atoms with Crippen LogP contribution in [0.5, 0.6) is 0 Å². The highest BCUT2D eigenvalue weighted by atomic mass is 35.5. The SMILES string of the molecule is Cc1ccc(S(=O)(=O)N2C(=O)CC[C@@H]2C(=O)Nc2ccc(Cl)c(C(F)(F)F)c2)cc1. The van der Waals surface area contributed by atoms with Gasteiger partial charge in [-0.15, -0.1) is 0 Å². The van der Waals surface area contributed by atoms with Crippen LogP contribution in [0.25, 0.3) is 0 Å². The molecule has 11 heteroatoms. The van der Waals surface area contributed by atoms with Crippen LogP contribution in [0, 0.1) is 6.92 Å². The van der Waals surface area contributed by atoms with Crippen LogP contribution in [-0.4, -0.2) is 30.6 Å².